The second-order valence-corrected chi connectivity index (χ2v) is 5.89. The van der Waals surface area contributed by atoms with Gasteiger partial charge in [0.25, 0.3) is 5.91 Å². The number of nitrogens with one attached hydrogen (secondary N) is 1. The summed E-state index contributed by atoms with van der Waals surface area (Å²) >= 11 is 0. The molecule has 0 radical (unpaired) electrons. The molecule has 0 unspecified atom stereocenters. The number of carbonyl (C=O) groups excluding carboxylic acids is 1. The minimum absolute atomic E-state index is 0.00181. The van der Waals surface area contributed by atoms with E-state index in [1.165, 1.54) is 30.6 Å². The van der Waals surface area contributed by atoms with Gasteiger partial charge in [-0.2, -0.15) is 0 Å². The van der Waals surface area contributed by atoms with Crippen LogP contribution in [0.1, 0.15) is 21.6 Å². The number of aromatic nitrogens is 2. The van der Waals surface area contributed by atoms with Crippen molar-refractivity contribution in [3.63, 3.8) is 0 Å². The van der Waals surface area contributed by atoms with Crippen LogP contribution >= 0.6 is 0 Å². The third-order valence-electron chi connectivity index (χ3n) is 3.68. The topological polar surface area (TPSA) is 73.3 Å². The first kappa shape index (κ1) is 20.1. The molecule has 29 heavy (non-hydrogen) atoms. The van der Waals surface area contributed by atoms with E-state index in [2.05, 4.69) is 20.0 Å². The lowest BCUT2D eigenvalue weighted by molar-refractivity contribution is -0.274. The second-order valence-electron chi connectivity index (χ2n) is 5.89. The minimum atomic E-state index is -4.78. The normalized spacial score (nSPS) is 11.0. The molecule has 0 bridgehead atoms. The summed E-state index contributed by atoms with van der Waals surface area (Å²) in [5, 5.41) is 2.56. The van der Waals surface area contributed by atoms with Crippen LogP contribution in [0.3, 0.4) is 0 Å². The molecule has 3 aromatic rings. The Balaban J connectivity index is 1.52. The minimum Gasteiger partial charge on any atom is -0.472 e. The number of ether oxygens (including phenoxy) is 2. The molecule has 0 aliphatic carbocycles. The average Bonchev–Trinajstić information content (AvgIpc) is 2.71. The van der Waals surface area contributed by atoms with Crippen molar-refractivity contribution in [2.45, 2.75) is 19.5 Å². The van der Waals surface area contributed by atoms with Crippen molar-refractivity contribution in [3.05, 3.63) is 83.8 Å². The summed E-state index contributed by atoms with van der Waals surface area (Å²) in [5.74, 6) is -0.611. The predicted octanol–water partition coefficient (Wildman–Crippen LogP) is 3.88. The Bertz CT molecular complexity index is 948. The van der Waals surface area contributed by atoms with Gasteiger partial charge in [0.2, 0.25) is 5.88 Å². The summed E-state index contributed by atoms with van der Waals surface area (Å²) in [7, 11) is 0. The van der Waals surface area contributed by atoms with E-state index in [1.54, 1.807) is 6.07 Å². The Morgan fingerprint density at radius 1 is 0.966 bits per heavy atom. The zero-order chi connectivity index (χ0) is 20.7. The average molecular weight is 403 g/mol. The molecular formula is C20H16F3N3O3. The van der Waals surface area contributed by atoms with Crippen LogP contribution in [-0.4, -0.2) is 22.2 Å². The Morgan fingerprint density at radius 2 is 1.72 bits per heavy atom. The van der Waals surface area contributed by atoms with Crippen molar-refractivity contribution in [1.82, 2.24) is 15.3 Å². The van der Waals surface area contributed by atoms with Gasteiger partial charge in [0.05, 0.1) is 12.4 Å². The number of hydrogen-bond donors (Lipinski definition) is 1. The van der Waals surface area contributed by atoms with E-state index in [0.717, 1.165) is 5.56 Å². The van der Waals surface area contributed by atoms with Crippen molar-refractivity contribution in [1.29, 1.82) is 0 Å². The van der Waals surface area contributed by atoms with Gasteiger partial charge >= 0.3 is 6.36 Å². The van der Waals surface area contributed by atoms with E-state index >= 15 is 0 Å². The molecule has 0 saturated heterocycles. The first-order chi connectivity index (χ1) is 13.9. The fourth-order valence-electron chi connectivity index (χ4n) is 2.36. The zero-order valence-corrected chi connectivity index (χ0v) is 15.0. The largest absolute Gasteiger partial charge is 0.573 e. The monoisotopic (exact) mass is 403 g/mol. The molecule has 0 atom stereocenters. The number of hydrogen-bond acceptors (Lipinski definition) is 5. The van der Waals surface area contributed by atoms with Gasteiger partial charge in [0.15, 0.2) is 0 Å². The molecule has 6 nitrogen and oxygen atoms in total. The molecule has 150 valence electrons. The van der Waals surface area contributed by atoms with E-state index in [0.29, 0.717) is 12.2 Å². The van der Waals surface area contributed by atoms with Crippen LogP contribution < -0.4 is 14.8 Å². The van der Waals surface area contributed by atoms with Gasteiger partial charge in [0.1, 0.15) is 18.1 Å². The Labute approximate surface area is 164 Å². The Kier molecular flexibility index (Phi) is 6.28. The summed E-state index contributed by atoms with van der Waals surface area (Å²) in [4.78, 5) is 20.2. The lowest BCUT2D eigenvalue weighted by Crippen LogP contribution is -2.24. The Hall–Kier alpha value is -3.62. The number of rotatable bonds is 7. The quantitative estimate of drug-likeness (QED) is 0.648. The summed E-state index contributed by atoms with van der Waals surface area (Å²) in [5.41, 5.74) is 1.46. The maximum absolute atomic E-state index is 12.3. The van der Waals surface area contributed by atoms with Gasteiger partial charge in [-0.25, -0.2) is 9.97 Å². The SMILES string of the molecule is O=C(NCc1cccc(OC(F)(F)F)c1)c1cnc(OCc2ccccc2)cn1. The third kappa shape index (κ3) is 6.49. The van der Waals surface area contributed by atoms with Crippen molar-refractivity contribution in [3.8, 4) is 11.6 Å². The lowest BCUT2D eigenvalue weighted by Gasteiger charge is -2.10. The molecule has 1 heterocycles. The van der Waals surface area contributed by atoms with Gasteiger partial charge in [-0.1, -0.05) is 42.5 Å². The van der Waals surface area contributed by atoms with E-state index in [9.17, 15) is 18.0 Å². The first-order valence-electron chi connectivity index (χ1n) is 8.51. The van der Waals surface area contributed by atoms with Crippen LogP contribution in [0.15, 0.2) is 67.0 Å². The summed E-state index contributed by atoms with van der Waals surface area (Å²) in [6.07, 6.45) is -2.18. The first-order valence-corrected chi connectivity index (χ1v) is 8.51. The summed E-state index contributed by atoms with van der Waals surface area (Å²) in [6, 6.07) is 14.8. The van der Waals surface area contributed by atoms with Crippen LogP contribution in [0, 0.1) is 0 Å². The van der Waals surface area contributed by atoms with E-state index in [1.807, 2.05) is 30.3 Å². The van der Waals surface area contributed by atoms with E-state index in [4.69, 9.17) is 4.74 Å². The molecule has 0 fully saturated rings. The van der Waals surface area contributed by atoms with Crippen molar-refractivity contribution < 1.29 is 27.4 Å². The second kappa shape index (κ2) is 9.05. The van der Waals surface area contributed by atoms with Crippen molar-refractivity contribution >= 4 is 5.91 Å². The standard InChI is InChI=1S/C20H16F3N3O3/c21-20(22,23)29-16-8-4-7-15(9-16)10-26-19(27)17-11-25-18(12-24-17)28-13-14-5-2-1-3-6-14/h1-9,11-12H,10,13H2,(H,26,27). The molecule has 2 aromatic carbocycles. The van der Waals surface area contributed by atoms with E-state index in [-0.39, 0.29) is 23.9 Å². The third-order valence-corrected chi connectivity index (χ3v) is 3.68. The van der Waals surface area contributed by atoms with Gasteiger partial charge in [-0.15, -0.1) is 13.2 Å². The lowest BCUT2D eigenvalue weighted by atomic mass is 10.2. The maximum Gasteiger partial charge on any atom is 0.573 e. The number of amides is 1. The van der Waals surface area contributed by atoms with Gasteiger partial charge in [0, 0.05) is 6.54 Å². The van der Waals surface area contributed by atoms with Crippen molar-refractivity contribution in [2.75, 3.05) is 0 Å². The number of carbonyl (C=O) groups is 1. The molecule has 0 aliphatic rings. The van der Waals surface area contributed by atoms with Crippen LogP contribution in [0.2, 0.25) is 0 Å². The van der Waals surface area contributed by atoms with Crippen LogP contribution in [0.25, 0.3) is 0 Å². The summed E-state index contributed by atoms with van der Waals surface area (Å²) < 4.78 is 46.2. The van der Waals surface area contributed by atoms with Crippen molar-refractivity contribution in [2.24, 2.45) is 0 Å². The van der Waals surface area contributed by atoms with Gasteiger partial charge < -0.3 is 14.8 Å². The number of halogens is 3. The number of benzene rings is 2. The van der Waals surface area contributed by atoms with E-state index < -0.39 is 12.3 Å². The molecule has 9 heteroatoms. The molecule has 1 N–H and O–H groups in total. The number of nitrogens with zero attached hydrogens (tertiary/aromatic N) is 2. The van der Waals surface area contributed by atoms with Gasteiger partial charge in [-0.05, 0) is 23.3 Å². The fourth-order valence-corrected chi connectivity index (χ4v) is 2.36. The summed E-state index contributed by atoms with van der Waals surface area (Å²) in [6.45, 7) is 0.319. The van der Waals surface area contributed by atoms with Crippen LogP contribution in [-0.2, 0) is 13.2 Å². The van der Waals surface area contributed by atoms with Gasteiger partial charge in [-0.3, -0.25) is 4.79 Å². The molecule has 3 rings (SSSR count). The molecule has 1 amide bonds. The maximum atomic E-state index is 12.3. The highest BCUT2D eigenvalue weighted by molar-refractivity contribution is 5.91. The fraction of sp³-hybridized carbons (Fsp3) is 0.150. The van der Waals surface area contributed by atoms with Crippen LogP contribution in [0.5, 0.6) is 11.6 Å². The Morgan fingerprint density at radius 3 is 2.41 bits per heavy atom. The molecule has 1 aromatic heterocycles. The highest BCUT2D eigenvalue weighted by Crippen LogP contribution is 2.23. The molecule has 0 saturated carbocycles. The molecule has 0 aliphatic heterocycles. The highest BCUT2D eigenvalue weighted by atomic mass is 19.4. The zero-order valence-electron chi connectivity index (χ0n) is 15.0. The smallest absolute Gasteiger partial charge is 0.472 e. The molecule has 0 spiro atoms. The van der Waals surface area contributed by atoms with Crippen LogP contribution in [0.4, 0.5) is 13.2 Å². The predicted molar refractivity (Wildman–Crippen MR) is 97.1 cm³/mol. The number of alkyl halides is 3. The highest BCUT2D eigenvalue weighted by Gasteiger charge is 2.31. The molecular weight excluding hydrogens is 387 g/mol.